The van der Waals surface area contributed by atoms with Crippen LogP contribution in [-0.2, 0) is 9.59 Å². The molecule has 10 heteroatoms. The maximum absolute atomic E-state index is 12.4. The quantitative estimate of drug-likeness (QED) is 0.159. The normalized spacial score (nSPS) is 10.4. The van der Waals surface area contributed by atoms with Gasteiger partial charge < -0.3 is 19.5 Å². The van der Waals surface area contributed by atoms with Crippen LogP contribution in [0.3, 0.4) is 0 Å². The summed E-state index contributed by atoms with van der Waals surface area (Å²) in [6.07, 6.45) is 1.32. The average molecular weight is 526 g/mol. The summed E-state index contributed by atoms with van der Waals surface area (Å²) in [7, 11) is 2.95. The van der Waals surface area contributed by atoms with Gasteiger partial charge in [0.05, 0.1) is 26.0 Å². The van der Waals surface area contributed by atoms with E-state index in [4.69, 9.17) is 14.2 Å². The van der Waals surface area contributed by atoms with Crippen LogP contribution in [0.25, 0.3) is 0 Å². The molecule has 174 valence electrons. The first kappa shape index (κ1) is 24.5. The SMILES string of the molecule is COc1ccc(NC(=O)C(=O)N/N=C/c2ccc(OC(=O)c3cccc(Br)c3)c(OC)c2)cc1. The number of ether oxygens (including phenoxy) is 3. The summed E-state index contributed by atoms with van der Waals surface area (Å²) in [6, 6.07) is 18.0. The van der Waals surface area contributed by atoms with E-state index in [0.29, 0.717) is 22.6 Å². The van der Waals surface area contributed by atoms with E-state index in [0.717, 1.165) is 4.47 Å². The highest BCUT2D eigenvalue weighted by molar-refractivity contribution is 9.10. The third kappa shape index (κ3) is 6.66. The molecule has 2 amide bonds. The molecule has 0 fully saturated rings. The highest BCUT2D eigenvalue weighted by atomic mass is 79.9. The van der Waals surface area contributed by atoms with E-state index in [1.807, 2.05) is 0 Å². The minimum absolute atomic E-state index is 0.215. The van der Waals surface area contributed by atoms with Crippen molar-refractivity contribution in [2.24, 2.45) is 5.10 Å². The predicted octanol–water partition coefficient (Wildman–Crippen LogP) is 3.77. The van der Waals surface area contributed by atoms with Crippen molar-refractivity contribution in [1.82, 2.24) is 5.43 Å². The Morgan fingerprint density at radius 1 is 0.882 bits per heavy atom. The Labute approximate surface area is 203 Å². The van der Waals surface area contributed by atoms with Crippen molar-refractivity contribution >= 4 is 45.6 Å². The molecule has 0 aromatic heterocycles. The number of rotatable bonds is 7. The molecule has 34 heavy (non-hydrogen) atoms. The lowest BCUT2D eigenvalue weighted by Gasteiger charge is -2.10. The molecule has 0 aliphatic heterocycles. The Hall–Kier alpha value is -4.18. The lowest BCUT2D eigenvalue weighted by atomic mass is 10.2. The van der Waals surface area contributed by atoms with E-state index in [1.54, 1.807) is 60.7 Å². The highest BCUT2D eigenvalue weighted by Gasteiger charge is 2.14. The van der Waals surface area contributed by atoms with Crippen LogP contribution < -0.4 is 25.0 Å². The molecule has 0 unspecified atom stereocenters. The molecule has 0 atom stereocenters. The Balaban J connectivity index is 1.59. The number of benzene rings is 3. The zero-order chi connectivity index (χ0) is 24.5. The summed E-state index contributed by atoms with van der Waals surface area (Å²) in [5.74, 6) is -1.25. The van der Waals surface area contributed by atoms with Gasteiger partial charge in [0, 0.05) is 10.2 Å². The van der Waals surface area contributed by atoms with Crippen LogP contribution in [0.4, 0.5) is 5.69 Å². The lowest BCUT2D eigenvalue weighted by Crippen LogP contribution is -2.32. The fraction of sp³-hybridized carbons (Fsp3) is 0.0833. The third-order valence-electron chi connectivity index (χ3n) is 4.38. The molecule has 0 aliphatic rings. The number of carbonyl (C=O) groups excluding carboxylic acids is 3. The fourth-order valence-electron chi connectivity index (χ4n) is 2.70. The lowest BCUT2D eigenvalue weighted by molar-refractivity contribution is -0.136. The van der Waals surface area contributed by atoms with Crippen LogP contribution in [0.1, 0.15) is 15.9 Å². The number of carbonyl (C=O) groups is 3. The number of nitrogens with one attached hydrogen (secondary N) is 2. The average Bonchev–Trinajstić information content (AvgIpc) is 2.85. The first-order valence-corrected chi connectivity index (χ1v) is 10.6. The van der Waals surface area contributed by atoms with Crippen molar-refractivity contribution in [3.63, 3.8) is 0 Å². The van der Waals surface area contributed by atoms with Gasteiger partial charge in [0.25, 0.3) is 0 Å². The van der Waals surface area contributed by atoms with E-state index < -0.39 is 17.8 Å². The zero-order valence-corrected chi connectivity index (χ0v) is 19.8. The van der Waals surface area contributed by atoms with Gasteiger partial charge in [-0.25, -0.2) is 10.2 Å². The van der Waals surface area contributed by atoms with Gasteiger partial charge in [-0.1, -0.05) is 22.0 Å². The van der Waals surface area contributed by atoms with E-state index in [-0.39, 0.29) is 11.5 Å². The molecule has 3 rings (SSSR count). The number of hydrogen-bond donors (Lipinski definition) is 2. The van der Waals surface area contributed by atoms with Gasteiger partial charge >= 0.3 is 17.8 Å². The smallest absolute Gasteiger partial charge is 0.343 e. The van der Waals surface area contributed by atoms with Crippen LogP contribution in [0.15, 0.2) is 76.3 Å². The van der Waals surface area contributed by atoms with Crippen LogP contribution in [0.5, 0.6) is 17.2 Å². The van der Waals surface area contributed by atoms with Crippen molar-refractivity contribution in [2.75, 3.05) is 19.5 Å². The predicted molar refractivity (Wildman–Crippen MR) is 129 cm³/mol. The molecular weight excluding hydrogens is 506 g/mol. The number of nitrogens with zero attached hydrogens (tertiary/aromatic N) is 1. The van der Waals surface area contributed by atoms with Gasteiger partial charge in [-0.15, -0.1) is 0 Å². The Kier molecular flexibility index (Phi) is 8.36. The molecule has 9 nitrogen and oxygen atoms in total. The summed E-state index contributed by atoms with van der Waals surface area (Å²) < 4.78 is 16.5. The van der Waals surface area contributed by atoms with Crippen LogP contribution in [0.2, 0.25) is 0 Å². The van der Waals surface area contributed by atoms with Crippen LogP contribution in [-0.4, -0.2) is 38.2 Å². The number of amides is 2. The second-order valence-electron chi connectivity index (χ2n) is 6.69. The molecule has 0 heterocycles. The molecule has 0 saturated carbocycles. The van der Waals surface area contributed by atoms with Crippen molar-refractivity contribution in [1.29, 1.82) is 0 Å². The molecular formula is C24H20BrN3O6. The summed E-state index contributed by atoms with van der Waals surface area (Å²) in [4.78, 5) is 36.3. The number of halogens is 1. The minimum atomic E-state index is -0.946. The van der Waals surface area contributed by atoms with Crippen LogP contribution in [0, 0.1) is 0 Å². The summed E-state index contributed by atoms with van der Waals surface area (Å²) in [5.41, 5.74) is 3.49. The largest absolute Gasteiger partial charge is 0.497 e. The van der Waals surface area contributed by atoms with Crippen molar-refractivity contribution in [3.05, 3.63) is 82.3 Å². The van der Waals surface area contributed by atoms with Crippen molar-refractivity contribution < 1.29 is 28.6 Å². The van der Waals surface area contributed by atoms with Gasteiger partial charge in [-0.2, -0.15) is 5.10 Å². The molecule has 0 bridgehead atoms. The van der Waals surface area contributed by atoms with Gasteiger partial charge in [-0.05, 0) is 66.2 Å². The summed E-state index contributed by atoms with van der Waals surface area (Å²) in [5, 5.41) is 6.23. The fourth-order valence-corrected chi connectivity index (χ4v) is 3.10. The third-order valence-corrected chi connectivity index (χ3v) is 4.88. The van der Waals surface area contributed by atoms with E-state index >= 15 is 0 Å². The Bertz CT molecular complexity index is 1230. The maximum Gasteiger partial charge on any atom is 0.343 e. The monoisotopic (exact) mass is 525 g/mol. The molecule has 0 saturated heterocycles. The van der Waals surface area contributed by atoms with Crippen molar-refractivity contribution in [2.45, 2.75) is 0 Å². The van der Waals surface area contributed by atoms with Gasteiger partial charge in [-0.3, -0.25) is 9.59 Å². The molecule has 2 N–H and O–H groups in total. The molecule has 0 spiro atoms. The van der Waals surface area contributed by atoms with Gasteiger partial charge in [0.15, 0.2) is 11.5 Å². The second-order valence-corrected chi connectivity index (χ2v) is 7.61. The van der Waals surface area contributed by atoms with Crippen molar-refractivity contribution in [3.8, 4) is 17.2 Å². The first-order chi connectivity index (χ1) is 16.4. The Morgan fingerprint density at radius 2 is 1.65 bits per heavy atom. The minimum Gasteiger partial charge on any atom is -0.497 e. The number of esters is 1. The van der Waals surface area contributed by atoms with E-state index in [1.165, 1.54) is 26.5 Å². The van der Waals surface area contributed by atoms with E-state index in [9.17, 15) is 14.4 Å². The number of hydrogen-bond acceptors (Lipinski definition) is 7. The zero-order valence-electron chi connectivity index (χ0n) is 18.2. The standard InChI is InChI=1S/C24H20BrN3O6/c1-32-19-9-7-18(8-10-19)27-22(29)23(30)28-26-14-15-6-11-20(21(12-15)33-2)34-24(31)16-4-3-5-17(25)13-16/h3-14H,1-2H3,(H,27,29)(H,28,30)/b26-14+. The summed E-state index contributed by atoms with van der Waals surface area (Å²) >= 11 is 3.31. The molecule has 0 radical (unpaired) electrons. The highest BCUT2D eigenvalue weighted by Crippen LogP contribution is 2.28. The second kappa shape index (κ2) is 11.6. The van der Waals surface area contributed by atoms with Gasteiger partial charge in [0.2, 0.25) is 0 Å². The molecule has 3 aromatic carbocycles. The van der Waals surface area contributed by atoms with Crippen LogP contribution >= 0.6 is 15.9 Å². The number of methoxy groups -OCH3 is 2. The number of anilines is 1. The summed E-state index contributed by atoms with van der Waals surface area (Å²) in [6.45, 7) is 0. The van der Waals surface area contributed by atoms with Gasteiger partial charge in [0.1, 0.15) is 5.75 Å². The molecule has 0 aliphatic carbocycles. The van der Waals surface area contributed by atoms with E-state index in [2.05, 4.69) is 31.8 Å². The maximum atomic E-state index is 12.4. The molecule has 3 aromatic rings. The first-order valence-electron chi connectivity index (χ1n) is 9.84. The Morgan fingerprint density at radius 3 is 2.32 bits per heavy atom. The topological polar surface area (TPSA) is 115 Å². The number of hydrazone groups is 1.